The lowest BCUT2D eigenvalue weighted by molar-refractivity contribution is 0.0976. The molecule has 0 unspecified atom stereocenters. The molecule has 15 heavy (non-hydrogen) atoms. The standard InChI is InChI=1S/C12H16FNO/c1-8-6-9(2)12(10(13)7-8)11(15)4-3-5-14/h6-7H,3-5,14H2,1-2H3. The monoisotopic (exact) mass is 209 g/mol. The normalized spacial score (nSPS) is 10.4. The number of carbonyl (C=O) groups is 1. The van der Waals surface area contributed by atoms with Crippen LogP contribution in [0, 0.1) is 19.7 Å². The van der Waals surface area contributed by atoms with Crippen molar-refractivity contribution in [2.24, 2.45) is 5.73 Å². The summed E-state index contributed by atoms with van der Waals surface area (Å²) in [6.45, 7) is 4.02. The zero-order valence-corrected chi connectivity index (χ0v) is 9.14. The second-order valence-corrected chi connectivity index (χ2v) is 3.75. The van der Waals surface area contributed by atoms with Gasteiger partial charge in [-0.05, 0) is 44.0 Å². The molecule has 0 saturated heterocycles. The highest BCUT2D eigenvalue weighted by atomic mass is 19.1. The Morgan fingerprint density at radius 2 is 2.07 bits per heavy atom. The maximum absolute atomic E-state index is 13.5. The summed E-state index contributed by atoms with van der Waals surface area (Å²) < 4.78 is 13.5. The van der Waals surface area contributed by atoms with Crippen molar-refractivity contribution in [1.82, 2.24) is 0 Å². The van der Waals surface area contributed by atoms with Crippen LogP contribution in [0.15, 0.2) is 12.1 Å². The van der Waals surface area contributed by atoms with E-state index < -0.39 is 5.82 Å². The molecule has 1 aromatic carbocycles. The van der Waals surface area contributed by atoms with Gasteiger partial charge in [0.05, 0.1) is 5.56 Å². The van der Waals surface area contributed by atoms with Gasteiger partial charge in [0.25, 0.3) is 0 Å². The van der Waals surface area contributed by atoms with E-state index in [-0.39, 0.29) is 11.3 Å². The van der Waals surface area contributed by atoms with Gasteiger partial charge in [-0.25, -0.2) is 4.39 Å². The lowest BCUT2D eigenvalue weighted by atomic mass is 9.99. The van der Waals surface area contributed by atoms with E-state index in [1.165, 1.54) is 6.07 Å². The minimum absolute atomic E-state index is 0.157. The van der Waals surface area contributed by atoms with Gasteiger partial charge in [-0.3, -0.25) is 4.79 Å². The third kappa shape index (κ3) is 2.86. The van der Waals surface area contributed by atoms with E-state index in [9.17, 15) is 9.18 Å². The molecule has 0 bridgehead atoms. The zero-order valence-electron chi connectivity index (χ0n) is 9.14. The molecule has 0 radical (unpaired) electrons. The van der Waals surface area contributed by atoms with E-state index in [2.05, 4.69) is 0 Å². The molecule has 0 atom stereocenters. The number of aryl methyl sites for hydroxylation is 2. The first-order chi connectivity index (χ1) is 7.06. The molecule has 2 nitrogen and oxygen atoms in total. The highest BCUT2D eigenvalue weighted by Gasteiger charge is 2.14. The van der Waals surface area contributed by atoms with Crippen molar-refractivity contribution in [1.29, 1.82) is 0 Å². The van der Waals surface area contributed by atoms with Crippen LogP contribution in [-0.4, -0.2) is 12.3 Å². The molecule has 0 aromatic heterocycles. The van der Waals surface area contributed by atoms with Crippen molar-refractivity contribution in [2.45, 2.75) is 26.7 Å². The van der Waals surface area contributed by atoms with E-state index in [0.29, 0.717) is 24.9 Å². The average Bonchev–Trinajstić information content (AvgIpc) is 2.12. The van der Waals surface area contributed by atoms with Crippen LogP contribution in [0.5, 0.6) is 0 Å². The molecule has 0 fully saturated rings. The molecule has 82 valence electrons. The van der Waals surface area contributed by atoms with Gasteiger partial charge < -0.3 is 5.73 Å². The largest absolute Gasteiger partial charge is 0.330 e. The number of Topliss-reactive ketones (excluding diaryl/α,β-unsaturated/α-hetero) is 1. The van der Waals surface area contributed by atoms with Gasteiger partial charge in [0.1, 0.15) is 5.82 Å². The maximum atomic E-state index is 13.5. The lowest BCUT2D eigenvalue weighted by Gasteiger charge is -2.07. The first kappa shape index (κ1) is 11.9. The molecule has 0 heterocycles. The molecule has 0 amide bonds. The van der Waals surface area contributed by atoms with E-state index in [1.54, 1.807) is 6.92 Å². The molecule has 1 rings (SSSR count). The molecule has 0 aliphatic heterocycles. The average molecular weight is 209 g/mol. The van der Waals surface area contributed by atoms with Crippen LogP contribution in [0.25, 0.3) is 0 Å². The number of hydrogen-bond acceptors (Lipinski definition) is 2. The van der Waals surface area contributed by atoms with Gasteiger partial charge in [0.2, 0.25) is 0 Å². The number of rotatable bonds is 4. The van der Waals surface area contributed by atoms with Crippen molar-refractivity contribution in [3.8, 4) is 0 Å². The topological polar surface area (TPSA) is 43.1 Å². The summed E-state index contributed by atoms with van der Waals surface area (Å²) in [5.41, 5.74) is 7.06. The molecule has 0 aliphatic rings. The van der Waals surface area contributed by atoms with Gasteiger partial charge in [0.15, 0.2) is 5.78 Å². The van der Waals surface area contributed by atoms with Gasteiger partial charge in [-0.1, -0.05) is 6.07 Å². The highest BCUT2D eigenvalue weighted by Crippen LogP contribution is 2.17. The Kier molecular flexibility index (Phi) is 3.97. The van der Waals surface area contributed by atoms with Gasteiger partial charge in [-0.2, -0.15) is 0 Å². The Bertz CT molecular complexity index is 351. The fourth-order valence-electron chi connectivity index (χ4n) is 1.66. The van der Waals surface area contributed by atoms with Crippen molar-refractivity contribution in [3.63, 3.8) is 0 Å². The van der Waals surface area contributed by atoms with E-state index in [1.807, 2.05) is 13.0 Å². The minimum Gasteiger partial charge on any atom is -0.330 e. The van der Waals surface area contributed by atoms with Crippen molar-refractivity contribution >= 4 is 5.78 Å². The summed E-state index contributed by atoms with van der Waals surface area (Å²) in [7, 11) is 0. The minimum atomic E-state index is -0.422. The van der Waals surface area contributed by atoms with Crippen LogP contribution in [0.1, 0.15) is 34.3 Å². The van der Waals surface area contributed by atoms with Crippen LogP contribution in [-0.2, 0) is 0 Å². The first-order valence-corrected chi connectivity index (χ1v) is 5.06. The fraction of sp³-hybridized carbons (Fsp3) is 0.417. The number of nitrogens with two attached hydrogens (primary N) is 1. The summed E-state index contributed by atoms with van der Waals surface area (Å²) in [5.74, 6) is -0.579. The highest BCUT2D eigenvalue weighted by molar-refractivity contribution is 5.97. The van der Waals surface area contributed by atoms with Gasteiger partial charge in [0, 0.05) is 6.42 Å². The second-order valence-electron chi connectivity index (χ2n) is 3.75. The van der Waals surface area contributed by atoms with E-state index in [0.717, 1.165) is 5.56 Å². The number of benzene rings is 1. The summed E-state index contributed by atoms with van der Waals surface area (Å²) in [4.78, 5) is 11.7. The third-order valence-electron chi connectivity index (χ3n) is 2.32. The molecular formula is C12H16FNO. The Morgan fingerprint density at radius 3 is 2.60 bits per heavy atom. The predicted molar refractivity (Wildman–Crippen MR) is 58.5 cm³/mol. The first-order valence-electron chi connectivity index (χ1n) is 5.06. The number of hydrogen-bond donors (Lipinski definition) is 1. The van der Waals surface area contributed by atoms with Crippen LogP contribution < -0.4 is 5.73 Å². The number of halogens is 1. The molecule has 3 heteroatoms. The van der Waals surface area contributed by atoms with E-state index >= 15 is 0 Å². The zero-order chi connectivity index (χ0) is 11.4. The molecule has 2 N–H and O–H groups in total. The Hall–Kier alpha value is -1.22. The quantitative estimate of drug-likeness (QED) is 0.773. The van der Waals surface area contributed by atoms with Crippen LogP contribution in [0.2, 0.25) is 0 Å². The van der Waals surface area contributed by atoms with Crippen LogP contribution in [0.4, 0.5) is 4.39 Å². The summed E-state index contributed by atoms with van der Waals surface area (Å²) in [6.07, 6.45) is 0.920. The Labute approximate surface area is 89.3 Å². The second kappa shape index (κ2) is 5.03. The molecule has 1 aromatic rings. The number of ketones is 1. The third-order valence-corrected chi connectivity index (χ3v) is 2.32. The molecular weight excluding hydrogens is 193 g/mol. The predicted octanol–water partition coefficient (Wildman–Crippen LogP) is 2.36. The summed E-state index contributed by atoms with van der Waals surface area (Å²) >= 11 is 0. The summed E-state index contributed by atoms with van der Waals surface area (Å²) in [6, 6.07) is 3.21. The van der Waals surface area contributed by atoms with Gasteiger partial charge >= 0.3 is 0 Å². The smallest absolute Gasteiger partial charge is 0.166 e. The van der Waals surface area contributed by atoms with Crippen molar-refractivity contribution in [2.75, 3.05) is 6.54 Å². The van der Waals surface area contributed by atoms with Crippen LogP contribution >= 0.6 is 0 Å². The SMILES string of the molecule is Cc1cc(C)c(C(=O)CCCN)c(F)c1. The summed E-state index contributed by atoms with van der Waals surface area (Å²) in [5, 5.41) is 0. The van der Waals surface area contributed by atoms with Crippen molar-refractivity contribution in [3.05, 3.63) is 34.6 Å². The van der Waals surface area contributed by atoms with Gasteiger partial charge in [-0.15, -0.1) is 0 Å². The Balaban J connectivity index is 2.98. The number of carbonyl (C=O) groups excluding carboxylic acids is 1. The van der Waals surface area contributed by atoms with E-state index in [4.69, 9.17) is 5.73 Å². The van der Waals surface area contributed by atoms with Crippen LogP contribution in [0.3, 0.4) is 0 Å². The fourth-order valence-corrected chi connectivity index (χ4v) is 1.66. The Morgan fingerprint density at radius 1 is 1.40 bits per heavy atom. The maximum Gasteiger partial charge on any atom is 0.166 e. The van der Waals surface area contributed by atoms with Crippen molar-refractivity contribution < 1.29 is 9.18 Å². The molecule has 0 aliphatic carbocycles. The molecule has 0 saturated carbocycles. The molecule has 0 spiro atoms. The lowest BCUT2D eigenvalue weighted by Crippen LogP contribution is -2.08.